The zero-order valence-electron chi connectivity index (χ0n) is 12.4. The van der Waals surface area contributed by atoms with Crippen LogP contribution >= 0.6 is 24.0 Å². The molecule has 1 aliphatic heterocycles. The number of hydrogen-bond acceptors (Lipinski definition) is 3. The summed E-state index contributed by atoms with van der Waals surface area (Å²) < 4.78 is 10.8. The van der Waals surface area contributed by atoms with E-state index in [1.807, 2.05) is 0 Å². The smallest absolute Gasteiger partial charge is 0.194 e. The summed E-state index contributed by atoms with van der Waals surface area (Å²) in [5, 5.41) is 3.15. The van der Waals surface area contributed by atoms with Crippen LogP contribution in [-0.4, -0.2) is 64.0 Å². The molecule has 0 aliphatic carbocycles. The average Bonchev–Trinajstić information content (AvgIpc) is 2.46. The Labute approximate surface area is 139 Å². The van der Waals surface area contributed by atoms with Crippen LogP contribution in [0.1, 0.15) is 19.3 Å². The number of likely N-dealkylation sites (tertiary alicyclic amines) is 1. The summed E-state index contributed by atoms with van der Waals surface area (Å²) in [4.78, 5) is 6.47. The van der Waals surface area contributed by atoms with Crippen LogP contribution in [0, 0.1) is 12.3 Å². The highest BCUT2D eigenvalue weighted by molar-refractivity contribution is 14.0. The van der Waals surface area contributed by atoms with E-state index in [9.17, 15) is 0 Å². The average molecular weight is 395 g/mol. The minimum absolute atomic E-state index is 0. The maximum absolute atomic E-state index is 5.83. The van der Waals surface area contributed by atoms with E-state index < -0.39 is 0 Å². The van der Waals surface area contributed by atoms with E-state index in [4.69, 9.17) is 15.9 Å². The number of methoxy groups -OCH3 is 1. The highest BCUT2D eigenvalue weighted by Crippen LogP contribution is 2.14. The van der Waals surface area contributed by atoms with Crippen LogP contribution in [0.2, 0.25) is 0 Å². The van der Waals surface area contributed by atoms with Gasteiger partial charge >= 0.3 is 0 Å². The van der Waals surface area contributed by atoms with Crippen LogP contribution in [0.25, 0.3) is 0 Å². The molecular weight excluding hydrogens is 369 g/mol. The third kappa shape index (κ3) is 7.31. The summed E-state index contributed by atoms with van der Waals surface area (Å²) in [7, 11) is 3.50. The fraction of sp³-hybridized carbons (Fsp3) is 0.786. The van der Waals surface area contributed by atoms with Gasteiger partial charge in [0, 0.05) is 40.5 Å². The second-order valence-corrected chi connectivity index (χ2v) is 4.51. The van der Waals surface area contributed by atoms with Gasteiger partial charge in [0.15, 0.2) is 5.96 Å². The van der Waals surface area contributed by atoms with E-state index >= 15 is 0 Å². The van der Waals surface area contributed by atoms with Crippen molar-refractivity contribution < 1.29 is 9.47 Å². The molecule has 5 nitrogen and oxygen atoms in total. The number of halogens is 1. The molecule has 0 aromatic rings. The Morgan fingerprint density at radius 1 is 1.40 bits per heavy atom. The van der Waals surface area contributed by atoms with E-state index in [2.05, 4.69) is 21.1 Å². The van der Waals surface area contributed by atoms with Crippen molar-refractivity contribution in [2.24, 2.45) is 4.99 Å². The number of rotatable bonds is 6. The monoisotopic (exact) mass is 395 g/mol. The van der Waals surface area contributed by atoms with Crippen molar-refractivity contribution in [2.45, 2.75) is 25.4 Å². The molecule has 0 spiro atoms. The zero-order valence-corrected chi connectivity index (χ0v) is 14.8. The summed E-state index contributed by atoms with van der Waals surface area (Å²) in [6, 6.07) is 0. The van der Waals surface area contributed by atoms with E-state index in [0.29, 0.717) is 12.6 Å². The molecule has 1 aliphatic rings. The van der Waals surface area contributed by atoms with Gasteiger partial charge in [-0.3, -0.25) is 4.99 Å². The van der Waals surface area contributed by atoms with Crippen LogP contribution in [0.5, 0.6) is 0 Å². The molecule has 20 heavy (non-hydrogen) atoms. The number of piperidine rings is 1. The second-order valence-electron chi connectivity index (χ2n) is 4.51. The van der Waals surface area contributed by atoms with Gasteiger partial charge in [-0.25, -0.2) is 0 Å². The lowest BCUT2D eigenvalue weighted by atomic mass is 10.1. The highest BCUT2D eigenvalue weighted by atomic mass is 127. The molecule has 1 fully saturated rings. The molecule has 0 amide bonds. The first-order valence-corrected chi connectivity index (χ1v) is 6.81. The quantitative estimate of drug-likeness (QED) is 0.242. The Hall–Kier alpha value is -0.520. The van der Waals surface area contributed by atoms with Crippen LogP contribution in [0.3, 0.4) is 0 Å². The lowest BCUT2D eigenvalue weighted by Crippen LogP contribution is -2.47. The molecule has 0 aromatic heterocycles. The number of terminal acetylenes is 1. The van der Waals surface area contributed by atoms with Gasteiger partial charge in [0.05, 0.1) is 12.6 Å². The largest absolute Gasteiger partial charge is 0.385 e. The minimum Gasteiger partial charge on any atom is -0.385 e. The Bertz CT molecular complexity index is 310. The van der Waals surface area contributed by atoms with Crippen LogP contribution in [0.4, 0.5) is 0 Å². The summed E-state index contributed by atoms with van der Waals surface area (Å²) in [5.41, 5.74) is 0. The van der Waals surface area contributed by atoms with Crippen LogP contribution < -0.4 is 5.32 Å². The Morgan fingerprint density at radius 3 is 2.65 bits per heavy atom. The van der Waals surface area contributed by atoms with E-state index in [1.54, 1.807) is 14.2 Å². The van der Waals surface area contributed by atoms with Gasteiger partial charge in [-0.05, 0) is 19.3 Å². The van der Waals surface area contributed by atoms with Crippen molar-refractivity contribution in [3.8, 4) is 12.3 Å². The molecule has 1 heterocycles. The number of guanidine groups is 1. The second kappa shape index (κ2) is 12.2. The molecule has 0 aromatic carbocycles. The normalized spacial score (nSPS) is 16.4. The summed E-state index contributed by atoms with van der Waals surface area (Å²) in [6.07, 6.45) is 8.63. The lowest BCUT2D eigenvalue weighted by molar-refractivity contribution is 0.00994. The minimum atomic E-state index is 0. The summed E-state index contributed by atoms with van der Waals surface area (Å²) in [5.74, 6) is 3.45. The van der Waals surface area contributed by atoms with Gasteiger partial charge in [0.25, 0.3) is 0 Å². The van der Waals surface area contributed by atoms with Gasteiger partial charge in [-0.2, -0.15) is 0 Å². The van der Waals surface area contributed by atoms with E-state index in [-0.39, 0.29) is 24.0 Å². The van der Waals surface area contributed by atoms with Crippen molar-refractivity contribution in [3.05, 3.63) is 0 Å². The SMILES string of the molecule is C#CCNC(=NC)N1CCC(OCCCOC)CC1.I. The zero-order chi connectivity index (χ0) is 13.9. The molecule has 1 N–H and O–H groups in total. The van der Waals surface area contributed by atoms with Crippen molar-refractivity contribution in [1.82, 2.24) is 10.2 Å². The Balaban J connectivity index is 0.00000361. The number of ether oxygens (including phenoxy) is 2. The van der Waals surface area contributed by atoms with Gasteiger partial charge in [0.2, 0.25) is 0 Å². The van der Waals surface area contributed by atoms with Gasteiger partial charge in [-0.15, -0.1) is 30.4 Å². The molecular formula is C14H26IN3O2. The van der Waals surface area contributed by atoms with Gasteiger partial charge < -0.3 is 19.7 Å². The molecule has 0 saturated carbocycles. The number of nitrogens with zero attached hydrogens (tertiary/aromatic N) is 2. The number of hydrogen-bond donors (Lipinski definition) is 1. The van der Waals surface area contributed by atoms with Crippen LogP contribution in [-0.2, 0) is 9.47 Å². The molecule has 116 valence electrons. The maximum Gasteiger partial charge on any atom is 0.194 e. The van der Waals surface area contributed by atoms with Gasteiger partial charge in [0.1, 0.15) is 0 Å². The summed E-state index contributed by atoms with van der Waals surface area (Å²) >= 11 is 0. The predicted octanol–water partition coefficient (Wildman–Crippen LogP) is 1.33. The Kier molecular flexibility index (Phi) is 11.9. The molecule has 0 bridgehead atoms. The summed E-state index contributed by atoms with van der Waals surface area (Å²) in [6.45, 7) is 3.97. The van der Waals surface area contributed by atoms with E-state index in [1.165, 1.54) is 0 Å². The fourth-order valence-electron chi connectivity index (χ4n) is 2.15. The highest BCUT2D eigenvalue weighted by Gasteiger charge is 2.21. The molecule has 6 heteroatoms. The molecule has 1 saturated heterocycles. The maximum atomic E-state index is 5.83. The first-order valence-electron chi connectivity index (χ1n) is 6.81. The standard InChI is InChI=1S/C14H25N3O2.HI/c1-4-8-16-14(15-2)17-9-6-13(7-10-17)19-12-5-11-18-3;/h1,13H,5-12H2,2-3H3,(H,15,16);1H. The third-order valence-corrected chi connectivity index (χ3v) is 3.15. The third-order valence-electron chi connectivity index (χ3n) is 3.15. The van der Waals surface area contributed by atoms with Crippen LogP contribution in [0.15, 0.2) is 4.99 Å². The molecule has 1 rings (SSSR count). The number of nitrogens with one attached hydrogen (secondary N) is 1. The first kappa shape index (κ1) is 19.5. The fourth-order valence-corrected chi connectivity index (χ4v) is 2.15. The van der Waals surface area contributed by atoms with E-state index in [0.717, 1.165) is 51.5 Å². The topological polar surface area (TPSA) is 46.1 Å². The van der Waals surface area contributed by atoms with Crippen molar-refractivity contribution >= 4 is 29.9 Å². The van der Waals surface area contributed by atoms with Crippen molar-refractivity contribution in [3.63, 3.8) is 0 Å². The van der Waals surface area contributed by atoms with Crippen molar-refractivity contribution in [1.29, 1.82) is 0 Å². The Morgan fingerprint density at radius 2 is 2.10 bits per heavy atom. The molecule has 0 radical (unpaired) electrons. The number of aliphatic imine (C=N–C) groups is 1. The predicted molar refractivity (Wildman–Crippen MR) is 92.6 cm³/mol. The molecule has 0 atom stereocenters. The molecule has 0 unspecified atom stereocenters. The van der Waals surface area contributed by atoms with Gasteiger partial charge in [-0.1, -0.05) is 5.92 Å². The van der Waals surface area contributed by atoms with Crippen molar-refractivity contribution in [2.75, 3.05) is 47.0 Å². The lowest BCUT2D eigenvalue weighted by Gasteiger charge is -2.33. The first-order chi connectivity index (χ1) is 9.31.